The Balaban J connectivity index is 1.60. The van der Waals surface area contributed by atoms with Gasteiger partial charge in [-0.15, -0.1) is 0 Å². The van der Waals surface area contributed by atoms with Gasteiger partial charge in [0.15, 0.2) is 5.82 Å². The van der Waals surface area contributed by atoms with Crippen molar-refractivity contribution in [2.24, 2.45) is 12.8 Å². The number of aryl methyl sites for hydroxylation is 1. The summed E-state index contributed by atoms with van der Waals surface area (Å²) < 4.78 is 3.61. The molecular formula is C19H19N7. The molecule has 4 aromatic rings. The third kappa shape index (κ3) is 3.25. The minimum Gasteiger partial charge on any atom is -0.329 e. The van der Waals surface area contributed by atoms with Gasteiger partial charge in [-0.05, 0) is 11.6 Å². The molecule has 3 heterocycles. The van der Waals surface area contributed by atoms with Crippen molar-refractivity contribution in [3.8, 4) is 33.6 Å². The maximum Gasteiger partial charge on any atom is 0.159 e. The summed E-state index contributed by atoms with van der Waals surface area (Å²) in [5, 5.41) is 8.51. The molecule has 4 rings (SSSR count). The van der Waals surface area contributed by atoms with Gasteiger partial charge in [0.05, 0.1) is 18.9 Å². The first kappa shape index (κ1) is 16.2. The Morgan fingerprint density at radius 1 is 0.846 bits per heavy atom. The lowest BCUT2D eigenvalue weighted by Gasteiger charge is -2.04. The maximum absolute atomic E-state index is 5.56. The average Bonchev–Trinajstić information content (AvgIpc) is 3.32. The second-order valence-corrected chi connectivity index (χ2v) is 6.06. The van der Waals surface area contributed by atoms with Crippen LogP contribution in [0.15, 0.2) is 61.4 Å². The molecule has 0 amide bonds. The SMILES string of the molecule is Cn1cc(-c2cccc(-c3ncc(-c4cnn(CCN)c4)cn3)c2)cn1. The number of nitrogens with two attached hydrogens (primary N) is 1. The van der Waals surface area contributed by atoms with Crippen molar-refractivity contribution in [2.75, 3.05) is 6.54 Å². The quantitative estimate of drug-likeness (QED) is 0.600. The van der Waals surface area contributed by atoms with E-state index < -0.39 is 0 Å². The molecule has 26 heavy (non-hydrogen) atoms. The fourth-order valence-electron chi connectivity index (χ4n) is 2.80. The molecule has 130 valence electrons. The second kappa shape index (κ2) is 6.89. The molecule has 0 spiro atoms. The highest BCUT2D eigenvalue weighted by molar-refractivity contribution is 5.70. The van der Waals surface area contributed by atoms with Crippen LogP contribution in [0.25, 0.3) is 33.6 Å². The van der Waals surface area contributed by atoms with Crippen LogP contribution in [0.1, 0.15) is 0 Å². The Kier molecular flexibility index (Phi) is 4.28. The molecule has 0 atom stereocenters. The van der Waals surface area contributed by atoms with Crippen LogP contribution in [0, 0.1) is 0 Å². The van der Waals surface area contributed by atoms with Gasteiger partial charge in [0.1, 0.15) is 0 Å². The first-order chi connectivity index (χ1) is 12.7. The van der Waals surface area contributed by atoms with E-state index in [2.05, 4.69) is 32.3 Å². The monoisotopic (exact) mass is 345 g/mol. The molecule has 3 aromatic heterocycles. The standard InChI is InChI=1S/C19H19N7/c1-25-12-17(10-23-25)14-3-2-4-15(7-14)19-21-8-16(9-22-19)18-11-24-26(13-18)6-5-20/h2-4,7-13H,5-6,20H2,1H3. The van der Waals surface area contributed by atoms with E-state index in [4.69, 9.17) is 5.73 Å². The van der Waals surface area contributed by atoms with E-state index in [1.54, 1.807) is 10.9 Å². The Bertz CT molecular complexity index is 1010. The van der Waals surface area contributed by atoms with Gasteiger partial charge in [-0.1, -0.05) is 18.2 Å². The van der Waals surface area contributed by atoms with E-state index in [9.17, 15) is 0 Å². The van der Waals surface area contributed by atoms with Crippen LogP contribution in [-0.4, -0.2) is 36.1 Å². The molecule has 0 saturated heterocycles. The zero-order valence-electron chi connectivity index (χ0n) is 14.4. The summed E-state index contributed by atoms with van der Waals surface area (Å²) in [7, 11) is 1.91. The minimum absolute atomic E-state index is 0.559. The van der Waals surface area contributed by atoms with Crippen LogP contribution >= 0.6 is 0 Å². The van der Waals surface area contributed by atoms with Gasteiger partial charge < -0.3 is 5.73 Å². The van der Waals surface area contributed by atoms with Gasteiger partial charge in [0.2, 0.25) is 0 Å². The predicted octanol–water partition coefficient (Wildman–Crippen LogP) is 2.37. The molecular weight excluding hydrogens is 326 g/mol. The molecule has 0 unspecified atom stereocenters. The molecule has 0 radical (unpaired) electrons. The summed E-state index contributed by atoms with van der Waals surface area (Å²) in [4.78, 5) is 9.05. The highest BCUT2D eigenvalue weighted by Gasteiger charge is 2.07. The Morgan fingerprint density at radius 3 is 2.31 bits per heavy atom. The number of benzene rings is 1. The van der Waals surface area contributed by atoms with E-state index in [1.165, 1.54) is 0 Å². The first-order valence-corrected chi connectivity index (χ1v) is 8.37. The average molecular weight is 345 g/mol. The van der Waals surface area contributed by atoms with Crippen LogP contribution in [0.2, 0.25) is 0 Å². The van der Waals surface area contributed by atoms with Crippen LogP contribution in [0.3, 0.4) is 0 Å². The molecule has 7 heteroatoms. The second-order valence-electron chi connectivity index (χ2n) is 6.06. The highest BCUT2D eigenvalue weighted by Crippen LogP contribution is 2.25. The van der Waals surface area contributed by atoms with Crippen LogP contribution < -0.4 is 5.73 Å². The summed E-state index contributed by atoms with van der Waals surface area (Å²) in [5.74, 6) is 0.689. The van der Waals surface area contributed by atoms with E-state index in [1.807, 2.05) is 54.8 Å². The molecule has 1 aromatic carbocycles. The van der Waals surface area contributed by atoms with E-state index in [-0.39, 0.29) is 0 Å². The molecule has 0 aliphatic carbocycles. The number of hydrogen-bond acceptors (Lipinski definition) is 5. The molecule has 0 saturated carbocycles. The van der Waals surface area contributed by atoms with Crippen LogP contribution in [-0.2, 0) is 13.6 Å². The van der Waals surface area contributed by atoms with Crippen LogP contribution in [0.4, 0.5) is 0 Å². The lowest BCUT2D eigenvalue weighted by atomic mass is 10.1. The van der Waals surface area contributed by atoms with E-state index in [0.29, 0.717) is 18.9 Å². The smallest absolute Gasteiger partial charge is 0.159 e. The van der Waals surface area contributed by atoms with Gasteiger partial charge in [-0.2, -0.15) is 10.2 Å². The topological polar surface area (TPSA) is 87.4 Å². The van der Waals surface area contributed by atoms with Crippen molar-refractivity contribution >= 4 is 0 Å². The van der Waals surface area contributed by atoms with Crippen molar-refractivity contribution in [1.29, 1.82) is 0 Å². The molecule has 2 N–H and O–H groups in total. The zero-order valence-corrected chi connectivity index (χ0v) is 14.4. The molecule has 0 aliphatic heterocycles. The summed E-state index contributed by atoms with van der Waals surface area (Å²) in [6.07, 6.45) is 11.2. The van der Waals surface area contributed by atoms with E-state index >= 15 is 0 Å². The van der Waals surface area contributed by atoms with Gasteiger partial charge in [-0.25, -0.2) is 9.97 Å². The lowest BCUT2D eigenvalue weighted by molar-refractivity contribution is 0.625. The summed E-state index contributed by atoms with van der Waals surface area (Å²) in [5.41, 5.74) is 10.6. The minimum atomic E-state index is 0.559. The van der Waals surface area contributed by atoms with Gasteiger partial charge in [0, 0.05) is 60.6 Å². The third-order valence-corrected chi connectivity index (χ3v) is 4.14. The Hall–Kier alpha value is -3.32. The normalized spacial score (nSPS) is 11.0. The number of rotatable bonds is 5. The zero-order chi connectivity index (χ0) is 17.9. The summed E-state index contributed by atoms with van der Waals surface area (Å²) >= 11 is 0. The predicted molar refractivity (Wildman–Crippen MR) is 99.9 cm³/mol. The van der Waals surface area contributed by atoms with Crippen LogP contribution in [0.5, 0.6) is 0 Å². The lowest BCUT2D eigenvalue weighted by Crippen LogP contribution is -2.09. The van der Waals surface area contributed by atoms with Gasteiger partial charge in [0.25, 0.3) is 0 Å². The van der Waals surface area contributed by atoms with Gasteiger partial charge >= 0.3 is 0 Å². The van der Waals surface area contributed by atoms with Crippen molar-refractivity contribution in [2.45, 2.75) is 6.54 Å². The molecule has 7 nitrogen and oxygen atoms in total. The summed E-state index contributed by atoms with van der Waals surface area (Å²) in [6, 6.07) is 8.14. The van der Waals surface area contributed by atoms with Crippen molar-refractivity contribution in [1.82, 2.24) is 29.5 Å². The number of aromatic nitrogens is 6. The molecule has 0 bridgehead atoms. The van der Waals surface area contributed by atoms with Crippen molar-refractivity contribution in [3.63, 3.8) is 0 Å². The Morgan fingerprint density at radius 2 is 1.58 bits per heavy atom. The largest absolute Gasteiger partial charge is 0.329 e. The highest BCUT2D eigenvalue weighted by atomic mass is 15.3. The molecule has 0 fully saturated rings. The number of hydrogen-bond donors (Lipinski definition) is 1. The summed E-state index contributed by atoms with van der Waals surface area (Å²) in [6.45, 7) is 1.25. The first-order valence-electron chi connectivity index (χ1n) is 8.37. The Labute approximate surface area is 151 Å². The third-order valence-electron chi connectivity index (χ3n) is 4.14. The maximum atomic E-state index is 5.56. The van der Waals surface area contributed by atoms with E-state index in [0.717, 1.165) is 27.8 Å². The number of nitrogens with zero attached hydrogens (tertiary/aromatic N) is 6. The van der Waals surface area contributed by atoms with Crippen molar-refractivity contribution in [3.05, 3.63) is 61.4 Å². The van der Waals surface area contributed by atoms with Crippen molar-refractivity contribution < 1.29 is 0 Å². The fourth-order valence-corrected chi connectivity index (χ4v) is 2.80. The van der Waals surface area contributed by atoms with Gasteiger partial charge in [-0.3, -0.25) is 9.36 Å². The fraction of sp³-hybridized carbons (Fsp3) is 0.158. The molecule has 0 aliphatic rings.